The lowest BCUT2D eigenvalue weighted by Gasteiger charge is -2.32. The molecular formula is C20H20BrN3O2S. The van der Waals surface area contributed by atoms with Gasteiger partial charge in [0, 0.05) is 33.3 Å². The highest BCUT2D eigenvalue weighted by Gasteiger charge is 2.37. The third-order valence-electron chi connectivity index (χ3n) is 4.79. The van der Waals surface area contributed by atoms with Gasteiger partial charge in [-0.1, -0.05) is 53.7 Å². The second-order valence-corrected chi connectivity index (χ2v) is 9.56. The summed E-state index contributed by atoms with van der Waals surface area (Å²) in [7, 11) is 0. The van der Waals surface area contributed by atoms with E-state index in [1.807, 2.05) is 24.3 Å². The minimum atomic E-state index is -0.383. The van der Waals surface area contributed by atoms with E-state index in [9.17, 15) is 9.59 Å². The van der Waals surface area contributed by atoms with Crippen LogP contribution in [0.5, 0.6) is 0 Å². The summed E-state index contributed by atoms with van der Waals surface area (Å²) in [6, 6.07) is 7.81. The number of aromatic amines is 1. The van der Waals surface area contributed by atoms with Crippen LogP contribution < -0.4 is 10.9 Å². The van der Waals surface area contributed by atoms with E-state index in [1.54, 1.807) is 0 Å². The Labute approximate surface area is 170 Å². The van der Waals surface area contributed by atoms with Crippen molar-refractivity contribution in [1.29, 1.82) is 0 Å². The number of benzene rings is 1. The summed E-state index contributed by atoms with van der Waals surface area (Å²) in [4.78, 5) is 33.3. The maximum Gasteiger partial charge on any atom is 0.257 e. The van der Waals surface area contributed by atoms with Crippen molar-refractivity contribution in [3.63, 3.8) is 0 Å². The van der Waals surface area contributed by atoms with E-state index in [0.29, 0.717) is 33.8 Å². The molecule has 7 heteroatoms. The lowest BCUT2D eigenvalue weighted by molar-refractivity contribution is -0.116. The first-order chi connectivity index (χ1) is 12.9. The highest BCUT2D eigenvalue weighted by molar-refractivity contribution is 9.10. The molecule has 0 amide bonds. The first-order valence-electron chi connectivity index (χ1n) is 9.03. The summed E-state index contributed by atoms with van der Waals surface area (Å²) in [6.07, 6.45) is 2.15. The van der Waals surface area contributed by atoms with Crippen LogP contribution in [0.3, 0.4) is 0 Å². The number of hydrogen-bond donors (Lipinski definition) is 2. The fraction of sp³-hybridized carbons (Fsp3) is 0.350. The predicted molar refractivity (Wildman–Crippen MR) is 111 cm³/mol. The Balaban J connectivity index is 1.92. The van der Waals surface area contributed by atoms with Gasteiger partial charge in [-0.15, -0.1) is 0 Å². The van der Waals surface area contributed by atoms with E-state index >= 15 is 0 Å². The van der Waals surface area contributed by atoms with E-state index in [4.69, 9.17) is 0 Å². The molecule has 2 heterocycles. The number of halogens is 1. The quantitative estimate of drug-likeness (QED) is 0.533. The number of nitrogens with zero attached hydrogens (tertiary/aromatic N) is 1. The summed E-state index contributed by atoms with van der Waals surface area (Å²) in [5.41, 5.74) is 2.89. The van der Waals surface area contributed by atoms with Crippen LogP contribution in [0.25, 0.3) is 0 Å². The largest absolute Gasteiger partial charge is 0.343 e. The minimum absolute atomic E-state index is 0.113. The summed E-state index contributed by atoms with van der Waals surface area (Å²) in [5.74, 6) is 0.303. The second kappa shape index (κ2) is 7.28. The van der Waals surface area contributed by atoms with Crippen molar-refractivity contribution in [3.05, 3.63) is 61.5 Å². The third kappa shape index (κ3) is 3.50. The molecule has 1 aromatic carbocycles. The lowest BCUT2D eigenvalue weighted by atomic mass is 9.76. The molecule has 1 aliphatic heterocycles. The Hall–Kier alpha value is -1.86. The summed E-state index contributed by atoms with van der Waals surface area (Å²) in [6.45, 7) is 4.12. The highest BCUT2D eigenvalue weighted by Crippen LogP contribution is 2.43. The first kappa shape index (κ1) is 18.5. The van der Waals surface area contributed by atoms with Gasteiger partial charge in [0.15, 0.2) is 10.9 Å². The van der Waals surface area contributed by atoms with Crippen molar-refractivity contribution >= 4 is 39.3 Å². The number of rotatable bonds is 3. The molecule has 0 bridgehead atoms. The molecule has 0 unspecified atom stereocenters. The molecule has 1 atom stereocenters. The Morgan fingerprint density at radius 1 is 1.19 bits per heavy atom. The Morgan fingerprint density at radius 2 is 1.93 bits per heavy atom. The van der Waals surface area contributed by atoms with E-state index in [2.05, 4.69) is 45.1 Å². The zero-order chi connectivity index (χ0) is 19.1. The molecule has 27 heavy (non-hydrogen) atoms. The number of thioether (sulfide) groups is 1. The fourth-order valence-corrected chi connectivity index (χ4v) is 4.71. The summed E-state index contributed by atoms with van der Waals surface area (Å²) >= 11 is 4.97. The molecule has 5 nitrogen and oxygen atoms in total. The van der Waals surface area contributed by atoms with E-state index in [1.165, 1.54) is 11.8 Å². The van der Waals surface area contributed by atoms with Gasteiger partial charge in [-0.25, -0.2) is 4.98 Å². The maximum absolute atomic E-state index is 13.0. The van der Waals surface area contributed by atoms with Crippen molar-refractivity contribution in [3.8, 4) is 0 Å². The van der Waals surface area contributed by atoms with Crippen molar-refractivity contribution < 1.29 is 4.79 Å². The van der Waals surface area contributed by atoms with Crippen LogP contribution >= 0.6 is 27.7 Å². The fourth-order valence-electron chi connectivity index (χ4n) is 3.71. The SMILES string of the molecule is CC(C)Sc1nc2c(c(=O)[nH]1)[C@H](c1ccc(Br)cc1)C1=C(CCCC1=O)N2. The van der Waals surface area contributed by atoms with Crippen LogP contribution in [0.1, 0.15) is 50.2 Å². The lowest BCUT2D eigenvalue weighted by Crippen LogP contribution is -2.32. The van der Waals surface area contributed by atoms with Crippen LogP contribution in [-0.4, -0.2) is 21.0 Å². The van der Waals surface area contributed by atoms with Gasteiger partial charge in [0.1, 0.15) is 5.82 Å². The molecule has 0 radical (unpaired) electrons. The molecule has 0 spiro atoms. The maximum atomic E-state index is 13.0. The monoisotopic (exact) mass is 445 g/mol. The molecule has 1 aliphatic carbocycles. The van der Waals surface area contributed by atoms with Gasteiger partial charge in [-0.2, -0.15) is 0 Å². The number of anilines is 1. The van der Waals surface area contributed by atoms with E-state index in [0.717, 1.165) is 28.6 Å². The molecule has 2 aromatic rings. The van der Waals surface area contributed by atoms with Gasteiger partial charge in [-0.3, -0.25) is 9.59 Å². The number of carbonyl (C=O) groups excluding carboxylic acids is 1. The van der Waals surface area contributed by atoms with Gasteiger partial charge in [0.05, 0.1) is 5.56 Å². The smallest absolute Gasteiger partial charge is 0.257 e. The molecule has 0 saturated heterocycles. The van der Waals surface area contributed by atoms with Crippen molar-refractivity contribution in [1.82, 2.24) is 9.97 Å². The molecule has 4 rings (SSSR count). The van der Waals surface area contributed by atoms with Crippen LogP contribution in [0.2, 0.25) is 0 Å². The molecule has 140 valence electrons. The van der Waals surface area contributed by atoms with Crippen LogP contribution in [0.15, 0.2) is 50.0 Å². The average molecular weight is 446 g/mol. The molecule has 1 aromatic heterocycles. The zero-order valence-corrected chi connectivity index (χ0v) is 17.5. The van der Waals surface area contributed by atoms with Gasteiger partial charge in [0.2, 0.25) is 0 Å². The summed E-state index contributed by atoms with van der Waals surface area (Å²) in [5, 5.41) is 4.21. The highest BCUT2D eigenvalue weighted by atomic mass is 79.9. The Morgan fingerprint density at radius 3 is 2.63 bits per heavy atom. The number of hydrogen-bond acceptors (Lipinski definition) is 5. The molecule has 2 N–H and O–H groups in total. The van der Waals surface area contributed by atoms with E-state index < -0.39 is 0 Å². The van der Waals surface area contributed by atoms with Gasteiger partial charge >= 0.3 is 0 Å². The van der Waals surface area contributed by atoms with Crippen molar-refractivity contribution in [2.24, 2.45) is 0 Å². The van der Waals surface area contributed by atoms with Crippen molar-refractivity contribution in [2.45, 2.75) is 49.4 Å². The van der Waals surface area contributed by atoms with Crippen LogP contribution in [-0.2, 0) is 4.79 Å². The zero-order valence-electron chi connectivity index (χ0n) is 15.1. The number of Topliss-reactive ketones (excluding diaryl/α,β-unsaturated/α-hetero) is 1. The number of carbonyl (C=O) groups is 1. The third-order valence-corrected chi connectivity index (χ3v) is 6.20. The Bertz CT molecular complexity index is 995. The first-order valence-corrected chi connectivity index (χ1v) is 10.7. The van der Waals surface area contributed by atoms with Gasteiger partial charge in [0.25, 0.3) is 5.56 Å². The van der Waals surface area contributed by atoms with Gasteiger partial charge in [-0.05, 0) is 30.5 Å². The number of aromatic nitrogens is 2. The normalized spacial score (nSPS) is 19.0. The molecule has 0 fully saturated rings. The molecule has 2 aliphatic rings. The standard InChI is InChI=1S/C20H20BrN3O2S/c1-10(2)27-20-23-18-17(19(26)24-20)15(11-6-8-12(21)9-7-11)16-13(22-18)4-3-5-14(16)25/h6-10,15H,3-5H2,1-2H3,(H2,22,23,24,26)/t15-/m1/s1. The molecular weight excluding hydrogens is 426 g/mol. The average Bonchev–Trinajstić information content (AvgIpc) is 2.60. The van der Waals surface area contributed by atoms with Crippen LogP contribution in [0, 0.1) is 0 Å². The van der Waals surface area contributed by atoms with Crippen LogP contribution in [0.4, 0.5) is 5.82 Å². The number of allylic oxidation sites excluding steroid dienone is 2. The number of nitrogens with one attached hydrogen (secondary N) is 2. The molecule has 0 saturated carbocycles. The predicted octanol–water partition coefficient (Wildman–Crippen LogP) is 4.60. The minimum Gasteiger partial charge on any atom is -0.343 e. The topological polar surface area (TPSA) is 74.8 Å². The van der Waals surface area contributed by atoms with E-state index in [-0.39, 0.29) is 17.3 Å². The number of H-pyrrole nitrogens is 1. The summed E-state index contributed by atoms with van der Waals surface area (Å²) < 4.78 is 0.959. The van der Waals surface area contributed by atoms with Gasteiger partial charge < -0.3 is 10.3 Å². The number of ketones is 1. The number of fused-ring (bicyclic) bond motifs is 1. The van der Waals surface area contributed by atoms with Crippen molar-refractivity contribution in [2.75, 3.05) is 5.32 Å². The Kier molecular flexibility index (Phi) is 4.99. The second-order valence-electron chi connectivity index (χ2n) is 7.08.